The molecule has 0 N–H and O–H groups in total. The normalized spacial score (nSPS) is 11.1. The second-order valence-electron chi connectivity index (χ2n) is 3.26. The van der Waals surface area contributed by atoms with Gasteiger partial charge < -0.3 is 4.74 Å². The van der Waals surface area contributed by atoms with Crippen LogP contribution in [0.4, 0.5) is 0 Å². The van der Waals surface area contributed by atoms with E-state index >= 15 is 0 Å². The highest BCUT2D eigenvalue weighted by Gasteiger charge is 2.00. The zero-order chi connectivity index (χ0) is 12.1. The summed E-state index contributed by atoms with van der Waals surface area (Å²) in [5, 5.41) is -0.482. The van der Waals surface area contributed by atoms with Crippen molar-refractivity contribution in [1.82, 2.24) is 0 Å². The number of halogens is 1. The van der Waals surface area contributed by atoms with Crippen LogP contribution < -0.4 is 4.74 Å². The quantitative estimate of drug-likeness (QED) is 0.352. The molecule has 4 heteroatoms. The molecular weight excluding hydrogens is 228 g/mol. The molecule has 84 valence electrons. The van der Waals surface area contributed by atoms with Gasteiger partial charge in [0.15, 0.2) is 0 Å². The fraction of sp³-hybridized carbons (Fsp3) is 0.167. The van der Waals surface area contributed by atoms with E-state index in [0.29, 0.717) is 11.3 Å². The molecule has 0 aliphatic carbocycles. The van der Waals surface area contributed by atoms with Crippen molar-refractivity contribution >= 4 is 28.9 Å². The van der Waals surface area contributed by atoms with Gasteiger partial charge in [0.2, 0.25) is 5.24 Å². The van der Waals surface area contributed by atoms with Crippen LogP contribution in [0, 0.1) is 0 Å². The van der Waals surface area contributed by atoms with E-state index in [-0.39, 0.29) is 5.97 Å². The minimum Gasteiger partial charge on any atom is -0.427 e. The van der Waals surface area contributed by atoms with E-state index in [9.17, 15) is 9.59 Å². The second kappa shape index (κ2) is 5.47. The maximum atomic E-state index is 10.8. The van der Waals surface area contributed by atoms with Gasteiger partial charge in [0, 0.05) is 12.5 Å². The lowest BCUT2D eigenvalue weighted by Crippen LogP contribution is -2.00. The van der Waals surface area contributed by atoms with E-state index in [0.717, 1.165) is 5.56 Å². The SMILES string of the molecule is CC(=O)Oc1ccc(C=C(C)C(=O)Cl)cc1. The molecule has 0 aromatic heterocycles. The van der Waals surface area contributed by atoms with E-state index in [2.05, 4.69) is 0 Å². The van der Waals surface area contributed by atoms with Gasteiger partial charge in [0.05, 0.1) is 0 Å². The molecule has 3 nitrogen and oxygen atoms in total. The van der Waals surface area contributed by atoms with Crippen LogP contribution in [0.25, 0.3) is 6.08 Å². The average molecular weight is 239 g/mol. The van der Waals surface area contributed by atoms with Gasteiger partial charge in [0.25, 0.3) is 0 Å². The van der Waals surface area contributed by atoms with Gasteiger partial charge in [-0.3, -0.25) is 9.59 Å². The summed E-state index contributed by atoms with van der Waals surface area (Å²) in [7, 11) is 0. The first kappa shape index (κ1) is 12.5. The Hall–Kier alpha value is -1.61. The summed E-state index contributed by atoms with van der Waals surface area (Å²) in [4.78, 5) is 21.5. The first-order valence-electron chi connectivity index (χ1n) is 4.65. The minimum absolute atomic E-state index is 0.365. The van der Waals surface area contributed by atoms with Crippen LogP contribution in [0.15, 0.2) is 29.8 Å². The van der Waals surface area contributed by atoms with Gasteiger partial charge in [-0.2, -0.15) is 0 Å². The molecule has 0 saturated carbocycles. The van der Waals surface area contributed by atoms with Crippen LogP contribution >= 0.6 is 11.6 Å². The monoisotopic (exact) mass is 238 g/mol. The second-order valence-corrected chi connectivity index (χ2v) is 3.61. The average Bonchev–Trinajstić information content (AvgIpc) is 2.20. The fourth-order valence-electron chi connectivity index (χ4n) is 1.10. The Kier molecular flexibility index (Phi) is 4.26. The first-order valence-corrected chi connectivity index (χ1v) is 5.03. The molecule has 0 amide bonds. The van der Waals surface area contributed by atoms with Crippen molar-refractivity contribution in [2.24, 2.45) is 0 Å². The summed E-state index contributed by atoms with van der Waals surface area (Å²) in [5.41, 5.74) is 1.28. The zero-order valence-electron chi connectivity index (χ0n) is 8.99. The van der Waals surface area contributed by atoms with Crippen molar-refractivity contribution in [2.45, 2.75) is 13.8 Å². The lowest BCUT2D eigenvalue weighted by molar-refractivity contribution is -0.131. The van der Waals surface area contributed by atoms with Crippen molar-refractivity contribution in [3.8, 4) is 5.75 Å². The molecule has 0 bridgehead atoms. The number of hydrogen-bond acceptors (Lipinski definition) is 3. The van der Waals surface area contributed by atoms with E-state index in [4.69, 9.17) is 16.3 Å². The molecule has 0 radical (unpaired) electrons. The summed E-state index contributed by atoms with van der Waals surface area (Å²) < 4.78 is 4.87. The lowest BCUT2D eigenvalue weighted by Gasteiger charge is -2.01. The number of allylic oxidation sites excluding steroid dienone is 1. The van der Waals surface area contributed by atoms with Crippen molar-refractivity contribution in [3.05, 3.63) is 35.4 Å². The Balaban J connectivity index is 2.83. The Bertz CT molecular complexity index is 432. The number of hydrogen-bond donors (Lipinski definition) is 0. The summed E-state index contributed by atoms with van der Waals surface area (Å²) in [6.07, 6.45) is 1.66. The van der Waals surface area contributed by atoms with E-state index < -0.39 is 5.24 Å². The standard InChI is InChI=1S/C12H11ClO3/c1-8(12(13)15)7-10-3-5-11(6-4-10)16-9(2)14/h3-7H,1-2H3. The summed E-state index contributed by atoms with van der Waals surface area (Å²) >= 11 is 5.30. The summed E-state index contributed by atoms with van der Waals surface area (Å²) in [6, 6.07) is 6.78. The van der Waals surface area contributed by atoms with Gasteiger partial charge in [0.1, 0.15) is 5.75 Å². The van der Waals surface area contributed by atoms with Gasteiger partial charge in [-0.05, 0) is 42.3 Å². The summed E-state index contributed by atoms with van der Waals surface area (Å²) in [6.45, 7) is 2.97. The molecule has 0 aliphatic rings. The molecule has 0 heterocycles. The molecule has 0 unspecified atom stereocenters. The van der Waals surface area contributed by atoms with Crippen molar-refractivity contribution in [3.63, 3.8) is 0 Å². The number of ether oxygens (including phenoxy) is 1. The van der Waals surface area contributed by atoms with Crippen molar-refractivity contribution < 1.29 is 14.3 Å². The van der Waals surface area contributed by atoms with E-state index in [1.54, 1.807) is 37.3 Å². The van der Waals surface area contributed by atoms with Crippen molar-refractivity contribution in [1.29, 1.82) is 0 Å². The Morgan fingerprint density at radius 2 is 1.75 bits per heavy atom. The topological polar surface area (TPSA) is 43.4 Å². The predicted octanol–water partition coefficient (Wildman–Crippen LogP) is 2.78. The Morgan fingerprint density at radius 1 is 1.19 bits per heavy atom. The minimum atomic E-state index is -0.482. The number of carbonyl (C=O) groups excluding carboxylic acids is 2. The van der Waals surface area contributed by atoms with Crippen LogP contribution in [-0.2, 0) is 9.59 Å². The molecule has 1 rings (SSSR count). The Labute approximate surface area is 98.7 Å². The molecule has 0 aliphatic heterocycles. The summed E-state index contributed by atoms with van der Waals surface area (Å²) in [5.74, 6) is 0.106. The fourth-order valence-corrected chi connectivity index (χ4v) is 1.16. The van der Waals surface area contributed by atoms with Crippen LogP contribution in [0.1, 0.15) is 19.4 Å². The highest BCUT2D eigenvalue weighted by atomic mass is 35.5. The first-order chi connectivity index (χ1) is 7.49. The molecule has 16 heavy (non-hydrogen) atoms. The van der Waals surface area contributed by atoms with Crippen LogP contribution in [0.3, 0.4) is 0 Å². The maximum Gasteiger partial charge on any atom is 0.308 e. The zero-order valence-corrected chi connectivity index (χ0v) is 9.75. The van der Waals surface area contributed by atoms with Gasteiger partial charge in [-0.25, -0.2) is 0 Å². The van der Waals surface area contributed by atoms with Crippen LogP contribution in [0.5, 0.6) is 5.75 Å². The number of carbonyl (C=O) groups is 2. The molecule has 0 fully saturated rings. The molecular formula is C12H11ClO3. The third-order valence-electron chi connectivity index (χ3n) is 1.83. The molecule has 1 aromatic rings. The van der Waals surface area contributed by atoms with Crippen LogP contribution in [-0.4, -0.2) is 11.2 Å². The molecule has 0 spiro atoms. The van der Waals surface area contributed by atoms with E-state index in [1.807, 2.05) is 0 Å². The molecule has 0 saturated heterocycles. The number of esters is 1. The predicted molar refractivity (Wildman–Crippen MR) is 62.3 cm³/mol. The highest BCUT2D eigenvalue weighted by Crippen LogP contribution is 2.15. The maximum absolute atomic E-state index is 10.8. The van der Waals surface area contributed by atoms with Crippen LogP contribution in [0.2, 0.25) is 0 Å². The third kappa shape index (κ3) is 3.87. The number of rotatable bonds is 3. The van der Waals surface area contributed by atoms with Crippen molar-refractivity contribution in [2.75, 3.05) is 0 Å². The molecule has 0 atom stereocenters. The lowest BCUT2D eigenvalue weighted by atomic mass is 10.1. The van der Waals surface area contributed by atoms with E-state index in [1.165, 1.54) is 6.92 Å². The third-order valence-corrected chi connectivity index (χ3v) is 2.13. The van der Waals surface area contributed by atoms with Gasteiger partial charge >= 0.3 is 5.97 Å². The highest BCUT2D eigenvalue weighted by molar-refractivity contribution is 6.68. The number of benzene rings is 1. The Morgan fingerprint density at radius 3 is 2.19 bits per heavy atom. The van der Waals surface area contributed by atoms with Gasteiger partial charge in [-0.15, -0.1) is 0 Å². The van der Waals surface area contributed by atoms with Gasteiger partial charge in [-0.1, -0.05) is 12.1 Å². The smallest absolute Gasteiger partial charge is 0.308 e. The largest absolute Gasteiger partial charge is 0.427 e. The molecule has 1 aromatic carbocycles.